The quantitative estimate of drug-likeness (QED) is 0.696. The van der Waals surface area contributed by atoms with E-state index in [2.05, 4.69) is 9.97 Å². The molecule has 116 valence electrons. The second-order valence-corrected chi connectivity index (χ2v) is 4.73. The molecule has 2 rings (SSSR count). The third-order valence-electron chi connectivity index (χ3n) is 3.02. The molecule has 0 aromatic carbocycles. The van der Waals surface area contributed by atoms with Gasteiger partial charge in [0.15, 0.2) is 0 Å². The van der Waals surface area contributed by atoms with Crippen LogP contribution >= 0.6 is 0 Å². The molecule has 0 spiro atoms. The fourth-order valence-corrected chi connectivity index (χ4v) is 1.89. The van der Waals surface area contributed by atoms with Crippen LogP contribution in [0.1, 0.15) is 30.7 Å². The first-order valence-corrected chi connectivity index (χ1v) is 7.30. The van der Waals surface area contributed by atoms with Gasteiger partial charge in [0.25, 0.3) is 0 Å². The molecule has 0 bridgehead atoms. The van der Waals surface area contributed by atoms with Crippen molar-refractivity contribution in [3.63, 3.8) is 0 Å². The molecule has 0 saturated heterocycles. The molecule has 2 aromatic heterocycles. The summed E-state index contributed by atoms with van der Waals surface area (Å²) in [7, 11) is 0. The van der Waals surface area contributed by atoms with Crippen LogP contribution in [0.4, 0.5) is 0 Å². The fourth-order valence-electron chi connectivity index (χ4n) is 1.89. The molecule has 0 radical (unpaired) electrons. The number of ether oxygens (including phenoxy) is 2. The number of nitrogens with zero attached hydrogens (tertiary/aromatic N) is 4. The van der Waals surface area contributed by atoms with E-state index < -0.39 is 0 Å². The number of pyridine rings is 2. The summed E-state index contributed by atoms with van der Waals surface area (Å²) in [6.45, 7) is 1.17. The van der Waals surface area contributed by atoms with Gasteiger partial charge in [-0.05, 0) is 31.4 Å². The number of rotatable bonds is 8. The minimum absolute atomic E-state index is 0.352. The van der Waals surface area contributed by atoms with Gasteiger partial charge < -0.3 is 9.47 Å². The molecule has 0 aliphatic carbocycles. The van der Waals surface area contributed by atoms with Crippen molar-refractivity contribution < 1.29 is 9.47 Å². The predicted octanol–water partition coefficient (Wildman–Crippen LogP) is 2.85. The molecular weight excluding hydrogens is 292 g/mol. The Balaban J connectivity index is 1.59. The summed E-state index contributed by atoms with van der Waals surface area (Å²) in [6, 6.07) is 10.7. The zero-order valence-corrected chi connectivity index (χ0v) is 12.6. The number of hydrogen-bond acceptors (Lipinski definition) is 6. The number of unbranched alkanes of at least 4 members (excludes halogenated alkanes) is 2. The van der Waals surface area contributed by atoms with Crippen LogP contribution in [-0.4, -0.2) is 23.2 Å². The number of aromatic nitrogens is 2. The van der Waals surface area contributed by atoms with E-state index in [1.165, 1.54) is 0 Å². The third kappa shape index (κ3) is 5.64. The normalized spacial score (nSPS) is 9.65. The molecule has 0 fully saturated rings. The Bertz CT molecular complexity index is 658. The highest BCUT2D eigenvalue weighted by Crippen LogP contribution is 2.12. The standard InChI is InChI=1S/C17H16N4O2/c18-12-14-10-16(4-6-20-14)22-8-2-1-3-9-23-17-5-7-21-15(11-17)13-19/h4-7,10-11H,1-3,8-9H2. The lowest BCUT2D eigenvalue weighted by Gasteiger charge is -2.07. The predicted molar refractivity (Wildman–Crippen MR) is 82.7 cm³/mol. The molecule has 0 atom stereocenters. The van der Waals surface area contributed by atoms with E-state index >= 15 is 0 Å². The number of hydrogen-bond donors (Lipinski definition) is 0. The molecule has 0 unspecified atom stereocenters. The maximum Gasteiger partial charge on any atom is 0.144 e. The maximum absolute atomic E-state index is 8.75. The van der Waals surface area contributed by atoms with Crippen LogP contribution in [0.25, 0.3) is 0 Å². The first-order valence-electron chi connectivity index (χ1n) is 7.30. The van der Waals surface area contributed by atoms with Crippen molar-refractivity contribution in [1.29, 1.82) is 10.5 Å². The van der Waals surface area contributed by atoms with Crippen molar-refractivity contribution in [2.75, 3.05) is 13.2 Å². The van der Waals surface area contributed by atoms with Gasteiger partial charge in [-0.1, -0.05) is 0 Å². The Kier molecular flexibility index (Phi) is 6.37. The van der Waals surface area contributed by atoms with Gasteiger partial charge in [0, 0.05) is 24.5 Å². The average molecular weight is 308 g/mol. The Labute approximate surface area is 134 Å². The highest BCUT2D eigenvalue weighted by molar-refractivity contribution is 5.30. The monoisotopic (exact) mass is 308 g/mol. The van der Waals surface area contributed by atoms with E-state index in [1.54, 1.807) is 36.7 Å². The van der Waals surface area contributed by atoms with E-state index in [9.17, 15) is 0 Å². The van der Waals surface area contributed by atoms with E-state index in [0.717, 1.165) is 19.3 Å². The van der Waals surface area contributed by atoms with Crippen LogP contribution in [0.5, 0.6) is 11.5 Å². The van der Waals surface area contributed by atoms with Crippen LogP contribution in [0.15, 0.2) is 36.7 Å². The summed E-state index contributed by atoms with van der Waals surface area (Å²) in [4.78, 5) is 7.77. The van der Waals surface area contributed by atoms with Gasteiger partial charge in [-0.15, -0.1) is 0 Å². The molecular formula is C17H16N4O2. The third-order valence-corrected chi connectivity index (χ3v) is 3.02. The van der Waals surface area contributed by atoms with Crippen LogP contribution in [-0.2, 0) is 0 Å². The molecule has 0 saturated carbocycles. The largest absolute Gasteiger partial charge is 0.493 e. The average Bonchev–Trinajstić information content (AvgIpc) is 2.61. The van der Waals surface area contributed by atoms with Crippen LogP contribution in [0, 0.1) is 22.7 Å². The van der Waals surface area contributed by atoms with Gasteiger partial charge in [0.1, 0.15) is 35.0 Å². The molecule has 0 amide bonds. The maximum atomic E-state index is 8.75. The van der Waals surface area contributed by atoms with Gasteiger partial charge in [0.2, 0.25) is 0 Å². The second kappa shape index (κ2) is 9.01. The summed E-state index contributed by atoms with van der Waals surface area (Å²) >= 11 is 0. The van der Waals surface area contributed by atoms with Crippen molar-refractivity contribution in [2.45, 2.75) is 19.3 Å². The Morgan fingerprint density at radius 3 is 1.70 bits per heavy atom. The van der Waals surface area contributed by atoms with Crippen molar-refractivity contribution in [2.24, 2.45) is 0 Å². The molecule has 2 heterocycles. The van der Waals surface area contributed by atoms with Crippen molar-refractivity contribution in [3.05, 3.63) is 48.0 Å². The minimum Gasteiger partial charge on any atom is -0.493 e. The molecule has 6 nitrogen and oxygen atoms in total. The lowest BCUT2D eigenvalue weighted by molar-refractivity contribution is 0.279. The molecule has 23 heavy (non-hydrogen) atoms. The summed E-state index contributed by atoms with van der Waals surface area (Å²) in [5.74, 6) is 1.32. The van der Waals surface area contributed by atoms with E-state index in [1.807, 2.05) is 12.1 Å². The van der Waals surface area contributed by atoms with Gasteiger partial charge in [-0.3, -0.25) is 0 Å². The van der Waals surface area contributed by atoms with Gasteiger partial charge in [0.05, 0.1) is 13.2 Å². The van der Waals surface area contributed by atoms with E-state index in [-0.39, 0.29) is 0 Å². The summed E-state index contributed by atoms with van der Waals surface area (Å²) in [5.41, 5.74) is 0.704. The topological polar surface area (TPSA) is 91.8 Å². The van der Waals surface area contributed by atoms with Gasteiger partial charge in [-0.2, -0.15) is 10.5 Å². The summed E-state index contributed by atoms with van der Waals surface area (Å²) in [5, 5.41) is 17.5. The van der Waals surface area contributed by atoms with E-state index in [0.29, 0.717) is 36.1 Å². The van der Waals surface area contributed by atoms with Crippen LogP contribution in [0.2, 0.25) is 0 Å². The molecule has 2 aromatic rings. The van der Waals surface area contributed by atoms with Crippen LogP contribution < -0.4 is 9.47 Å². The highest BCUT2D eigenvalue weighted by Gasteiger charge is 1.99. The van der Waals surface area contributed by atoms with Crippen molar-refractivity contribution >= 4 is 0 Å². The number of nitriles is 2. The van der Waals surface area contributed by atoms with Crippen molar-refractivity contribution in [3.8, 4) is 23.6 Å². The zero-order valence-electron chi connectivity index (χ0n) is 12.6. The Morgan fingerprint density at radius 2 is 1.26 bits per heavy atom. The molecule has 0 aliphatic heterocycles. The second-order valence-electron chi connectivity index (χ2n) is 4.73. The molecule has 6 heteroatoms. The van der Waals surface area contributed by atoms with Crippen LogP contribution in [0.3, 0.4) is 0 Å². The smallest absolute Gasteiger partial charge is 0.144 e. The molecule has 0 N–H and O–H groups in total. The fraction of sp³-hybridized carbons (Fsp3) is 0.294. The van der Waals surface area contributed by atoms with Gasteiger partial charge >= 0.3 is 0 Å². The Morgan fingerprint density at radius 1 is 0.783 bits per heavy atom. The summed E-state index contributed by atoms with van der Waals surface area (Å²) < 4.78 is 11.1. The van der Waals surface area contributed by atoms with Gasteiger partial charge in [-0.25, -0.2) is 9.97 Å². The lowest BCUT2D eigenvalue weighted by atomic mass is 10.2. The van der Waals surface area contributed by atoms with Crippen molar-refractivity contribution in [1.82, 2.24) is 9.97 Å². The lowest BCUT2D eigenvalue weighted by Crippen LogP contribution is -2.01. The first kappa shape index (κ1) is 16.3. The Hall–Kier alpha value is -3.12. The summed E-state index contributed by atoms with van der Waals surface area (Å²) in [6.07, 6.45) is 5.88. The highest BCUT2D eigenvalue weighted by atomic mass is 16.5. The first-order chi connectivity index (χ1) is 11.3. The minimum atomic E-state index is 0.352. The van der Waals surface area contributed by atoms with E-state index in [4.69, 9.17) is 20.0 Å². The molecule has 0 aliphatic rings. The zero-order chi connectivity index (χ0) is 16.3. The SMILES string of the molecule is N#Cc1cc(OCCCCCOc2ccnc(C#N)c2)ccn1.